The summed E-state index contributed by atoms with van der Waals surface area (Å²) in [5, 5.41) is 55.9. The zero-order chi connectivity index (χ0) is 24.0. The number of hydrazone groups is 1. The molecule has 0 spiro atoms. The highest BCUT2D eigenvalue weighted by Gasteiger charge is 2.29. The molecule has 0 aliphatic rings. The molecule has 1 heterocycles. The summed E-state index contributed by atoms with van der Waals surface area (Å²) in [6.45, 7) is -0.807. The molecule has 2 aromatic carbocycles. The second-order valence-corrected chi connectivity index (χ2v) is 7.55. The largest absolute Gasteiger partial charge is 0.394 e. The zero-order valence-electron chi connectivity index (χ0n) is 17.2. The van der Waals surface area contributed by atoms with Crippen LogP contribution in [0.5, 0.6) is 0 Å². The predicted molar refractivity (Wildman–Crippen MR) is 121 cm³/mol. The fourth-order valence-corrected chi connectivity index (χ4v) is 3.07. The molecule has 10 nitrogen and oxygen atoms in total. The Morgan fingerprint density at radius 3 is 2.36 bits per heavy atom. The Morgan fingerprint density at radius 1 is 1.06 bits per heavy atom. The maximum absolute atomic E-state index is 12.6. The van der Waals surface area contributed by atoms with Gasteiger partial charge >= 0.3 is 0 Å². The minimum atomic E-state index is -1.83. The fourth-order valence-electron chi connectivity index (χ4n) is 2.94. The number of halogens is 1. The van der Waals surface area contributed by atoms with Crippen molar-refractivity contribution in [1.82, 2.24) is 15.2 Å². The normalized spacial score (nSPS) is 15.2. The first kappa shape index (κ1) is 24.5. The van der Waals surface area contributed by atoms with E-state index in [9.17, 15) is 25.2 Å². The van der Waals surface area contributed by atoms with E-state index in [1.807, 2.05) is 30.3 Å². The van der Waals surface area contributed by atoms with E-state index in [1.54, 1.807) is 35.0 Å². The standard InChI is InChI=1S/C22H23ClN4O6/c23-14-6-8-15(9-7-14)27-17(13-4-2-1-3-5-13)10-16(26-27)22(33)25-24-11-18(29)20(31)21(32)19(30)12-28/h1-11,18-21,28-32H,12H2,(H,25,33)/b24-11-/t18-,19+,20+,21+/m0/s1. The lowest BCUT2D eigenvalue weighted by Crippen LogP contribution is -2.46. The number of carbonyl (C=O) groups is 1. The molecular weight excluding hydrogens is 452 g/mol. The smallest absolute Gasteiger partial charge is 0.291 e. The molecule has 3 rings (SSSR count). The van der Waals surface area contributed by atoms with Crippen LogP contribution in [0.4, 0.5) is 0 Å². The summed E-state index contributed by atoms with van der Waals surface area (Å²) in [4.78, 5) is 12.6. The van der Waals surface area contributed by atoms with Gasteiger partial charge in [0.25, 0.3) is 5.91 Å². The maximum Gasteiger partial charge on any atom is 0.291 e. The number of aliphatic hydroxyl groups excluding tert-OH is 5. The number of benzene rings is 2. The van der Waals surface area contributed by atoms with Crippen molar-refractivity contribution in [2.75, 3.05) is 6.61 Å². The molecule has 174 valence electrons. The summed E-state index contributed by atoms with van der Waals surface area (Å²) in [6.07, 6.45) is -6.22. The van der Waals surface area contributed by atoms with E-state index in [-0.39, 0.29) is 5.69 Å². The van der Waals surface area contributed by atoms with Gasteiger partial charge in [0.1, 0.15) is 24.4 Å². The van der Waals surface area contributed by atoms with Crippen LogP contribution >= 0.6 is 11.6 Å². The van der Waals surface area contributed by atoms with Crippen LogP contribution in [0.25, 0.3) is 16.9 Å². The minimum absolute atomic E-state index is 0.0340. The van der Waals surface area contributed by atoms with Crippen molar-refractivity contribution in [2.45, 2.75) is 24.4 Å². The molecule has 0 fully saturated rings. The van der Waals surface area contributed by atoms with Crippen molar-refractivity contribution in [3.05, 3.63) is 71.4 Å². The van der Waals surface area contributed by atoms with Gasteiger partial charge in [-0.05, 0) is 30.3 Å². The molecule has 0 saturated heterocycles. The molecule has 0 radical (unpaired) electrons. The van der Waals surface area contributed by atoms with Crippen molar-refractivity contribution in [2.24, 2.45) is 5.10 Å². The molecule has 1 aromatic heterocycles. The number of rotatable bonds is 9. The average Bonchev–Trinajstić information content (AvgIpc) is 3.29. The molecular formula is C22H23ClN4O6. The molecule has 0 unspecified atom stereocenters. The van der Waals surface area contributed by atoms with Crippen LogP contribution in [0.2, 0.25) is 5.02 Å². The molecule has 11 heteroatoms. The summed E-state index contributed by atoms with van der Waals surface area (Å²) in [7, 11) is 0. The highest BCUT2D eigenvalue weighted by Crippen LogP contribution is 2.24. The number of aromatic nitrogens is 2. The van der Waals surface area contributed by atoms with Gasteiger partial charge in [0, 0.05) is 10.6 Å². The van der Waals surface area contributed by atoms with Gasteiger partial charge in [-0.15, -0.1) is 0 Å². The third-order valence-electron chi connectivity index (χ3n) is 4.76. The zero-order valence-corrected chi connectivity index (χ0v) is 18.0. The second-order valence-electron chi connectivity index (χ2n) is 7.11. The molecule has 33 heavy (non-hydrogen) atoms. The summed E-state index contributed by atoms with van der Waals surface area (Å²) >= 11 is 5.97. The quantitative estimate of drug-likeness (QED) is 0.192. The van der Waals surface area contributed by atoms with E-state index < -0.39 is 36.9 Å². The van der Waals surface area contributed by atoms with Gasteiger partial charge < -0.3 is 25.5 Å². The Kier molecular flexibility index (Phi) is 8.28. The predicted octanol–water partition coefficient (Wildman–Crippen LogP) is 0.344. The van der Waals surface area contributed by atoms with Crippen molar-refractivity contribution in [3.8, 4) is 16.9 Å². The lowest BCUT2D eigenvalue weighted by molar-refractivity contribution is -0.0999. The van der Waals surface area contributed by atoms with E-state index in [0.29, 0.717) is 16.4 Å². The summed E-state index contributed by atoms with van der Waals surface area (Å²) in [6, 6.07) is 17.8. The summed E-state index contributed by atoms with van der Waals surface area (Å²) in [5.41, 5.74) is 4.36. The Morgan fingerprint density at radius 2 is 1.73 bits per heavy atom. The van der Waals surface area contributed by atoms with E-state index in [0.717, 1.165) is 11.8 Å². The van der Waals surface area contributed by atoms with E-state index in [2.05, 4.69) is 15.6 Å². The first-order valence-electron chi connectivity index (χ1n) is 9.90. The molecule has 3 aromatic rings. The maximum atomic E-state index is 12.6. The first-order chi connectivity index (χ1) is 15.8. The van der Waals surface area contributed by atoms with Crippen molar-refractivity contribution in [1.29, 1.82) is 0 Å². The Balaban J connectivity index is 1.79. The Hall–Kier alpha value is -3.12. The lowest BCUT2D eigenvalue weighted by Gasteiger charge is -2.23. The number of aliphatic hydroxyl groups is 5. The van der Waals surface area contributed by atoms with Gasteiger partial charge in [0.05, 0.1) is 24.2 Å². The SMILES string of the molecule is O=C(N/N=C\[C@H](O)[C@@H](O)[C@H](O)[C@H](O)CO)c1cc(-c2ccccc2)n(-c2ccc(Cl)cc2)n1. The molecule has 1 amide bonds. The van der Waals surface area contributed by atoms with Crippen molar-refractivity contribution < 1.29 is 30.3 Å². The highest BCUT2D eigenvalue weighted by molar-refractivity contribution is 6.30. The third-order valence-corrected chi connectivity index (χ3v) is 5.01. The fraction of sp³-hybridized carbons (Fsp3) is 0.227. The topological polar surface area (TPSA) is 160 Å². The first-order valence-corrected chi connectivity index (χ1v) is 10.3. The molecule has 0 bridgehead atoms. The lowest BCUT2D eigenvalue weighted by atomic mass is 10.0. The van der Waals surface area contributed by atoms with Gasteiger partial charge in [-0.25, -0.2) is 10.1 Å². The number of hydrogen-bond acceptors (Lipinski definition) is 8. The van der Waals surface area contributed by atoms with Gasteiger partial charge in [0.15, 0.2) is 5.69 Å². The average molecular weight is 475 g/mol. The highest BCUT2D eigenvalue weighted by atomic mass is 35.5. The number of carbonyl (C=O) groups excluding carboxylic acids is 1. The van der Waals surface area contributed by atoms with Crippen molar-refractivity contribution in [3.63, 3.8) is 0 Å². The Labute approximate surface area is 194 Å². The Bertz CT molecular complexity index is 1090. The third kappa shape index (κ3) is 6.02. The van der Waals surface area contributed by atoms with Gasteiger partial charge in [-0.1, -0.05) is 41.9 Å². The van der Waals surface area contributed by atoms with Crippen LogP contribution in [0, 0.1) is 0 Å². The molecule has 0 saturated carbocycles. The number of nitrogens with zero attached hydrogens (tertiary/aromatic N) is 3. The van der Waals surface area contributed by atoms with Gasteiger partial charge in [0.2, 0.25) is 0 Å². The van der Waals surface area contributed by atoms with Crippen LogP contribution in [0.3, 0.4) is 0 Å². The van der Waals surface area contributed by atoms with Crippen LogP contribution in [0.1, 0.15) is 10.5 Å². The monoisotopic (exact) mass is 474 g/mol. The van der Waals surface area contributed by atoms with Crippen LogP contribution in [-0.4, -0.2) is 78.5 Å². The van der Waals surface area contributed by atoms with E-state index >= 15 is 0 Å². The second kappa shape index (κ2) is 11.1. The number of nitrogens with one attached hydrogen (secondary N) is 1. The molecule has 4 atom stereocenters. The number of hydrogen-bond donors (Lipinski definition) is 6. The molecule has 6 N–H and O–H groups in total. The molecule has 0 aliphatic heterocycles. The minimum Gasteiger partial charge on any atom is -0.394 e. The van der Waals surface area contributed by atoms with E-state index in [4.69, 9.17) is 16.7 Å². The van der Waals surface area contributed by atoms with Crippen molar-refractivity contribution >= 4 is 23.7 Å². The number of amides is 1. The summed E-state index contributed by atoms with van der Waals surface area (Å²) < 4.78 is 1.58. The van der Waals surface area contributed by atoms with E-state index in [1.165, 1.54) is 0 Å². The summed E-state index contributed by atoms with van der Waals surface area (Å²) in [5.74, 6) is -0.686. The van der Waals surface area contributed by atoms with Gasteiger partial charge in [-0.2, -0.15) is 10.2 Å². The van der Waals surface area contributed by atoms with Crippen LogP contribution < -0.4 is 5.43 Å². The van der Waals surface area contributed by atoms with Crippen LogP contribution in [-0.2, 0) is 0 Å². The van der Waals surface area contributed by atoms with Gasteiger partial charge in [-0.3, -0.25) is 4.79 Å². The molecule has 0 aliphatic carbocycles. The van der Waals surface area contributed by atoms with Crippen LogP contribution in [0.15, 0.2) is 65.8 Å².